The molecule has 0 aromatic carbocycles. The molecule has 0 bridgehead atoms. The predicted molar refractivity (Wildman–Crippen MR) is 48.3 cm³/mol. The van der Waals surface area contributed by atoms with Gasteiger partial charge in [-0.2, -0.15) is 0 Å². The van der Waals surface area contributed by atoms with Gasteiger partial charge in [-0.05, 0) is 43.9 Å². The molecule has 0 amide bonds. The molecule has 0 radical (unpaired) electrons. The Morgan fingerprint density at radius 3 is 2.45 bits per heavy atom. The van der Waals surface area contributed by atoms with E-state index in [1.807, 2.05) is 0 Å². The van der Waals surface area contributed by atoms with Crippen LogP contribution >= 0.6 is 0 Å². The summed E-state index contributed by atoms with van der Waals surface area (Å²) >= 11 is 0. The predicted octanol–water partition coefficient (Wildman–Crippen LogP) is 3.31. The number of hydrogen-bond donors (Lipinski definition) is 0. The number of rotatable bonds is 1. The zero-order chi connectivity index (χ0) is 7.52. The SMILES string of the molecule is C1=CC(C2CC=CC2)CCC1. The molecule has 0 aromatic heterocycles. The monoisotopic (exact) mass is 148 g/mol. The second kappa shape index (κ2) is 3.25. The maximum atomic E-state index is 2.45. The van der Waals surface area contributed by atoms with Gasteiger partial charge < -0.3 is 0 Å². The Morgan fingerprint density at radius 1 is 1.00 bits per heavy atom. The third-order valence-electron chi connectivity index (χ3n) is 2.94. The van der Waals surface area contributed by atoms with Crippen molar-refractivity contribution >= 4 is 0 Å². The lowest BCUT2D eigenvalue weighted by atomic mass is 9.83. The third-order valence-corrected chi connectivity index (χ3v) is 2.94. The molecule has 0 N–H and O–H groups in total. The molecule has 0 fully saturated rings. The Bertz CT molecular complexity index is 168. The summed E-state index contributed by atoms with van der Waals surface area (Å²) in [5, 5.41) is 0. The van der Waals surface area contributed by atoms with Crippen molar-refractivity contribution in [2.24, 2.45) is 11.8 Å². The van der Waals surface area contributed by atoms with Crippen molar-refractivity contribution in [3.05, 3.63) is 24.3 Å². The van der Waals surface area contributed by atoms with Crippen LogP contribution in [-0.2, 0) is 0 Å². The van der Waals surface area contributed by atoms with Gasteiger partial charge in [0.2, 0.25) is 0 Å². The second-order valence-electron chi connectivity index (χ2n) is 3.73. The van der Waals surface area contributed by atoms with Crippen molar-refractivity contribution in [2.45, 2.75) is 32.1 Å². The van der Waals surface area contributed by atoms with Gasteiger partial charge in [0.1, 0.15) is 0 Å². The van der Waals surface area contributed by atoms with Crippen molar-refractivity contribution in [3.8, 4) is 0 Å². The molecule has 0 saturated heterocycles. The molecule has 1 atom stereocenters. The van der Waals surface area contributed by atoms with Gasteiger partial charge in [0.15, 0.2) is 0 Å². The van der Waals surface area contributed by atoms with E-state index in [-0.39, 0.29) is 0 Å². The fraction of sp³-hybridized carbons (Fsp3) is 0.636. The zero-order valence-electron chi connectivity index (χ0n) is 7.00. The molecular weight excluding hydrogens is 132 g/mol. The minimum Gasteiger partial charge on any atom is -0.0882 e. The fourth-order valence-electron chi connectivity index (χ4n) is 2.22. The number of allylic oxidation sites excluding steroid dienone is 4. The van der Waals surface area contributed by atoms with Crippen molar-refractivity contribution in [2.75, 3.05) is 0 Å². The van der Waals surface area contributed by atoms with Crippen LogP contribution < -0.4 is 0 Å². The average Bonchev–Trinajstić information content (AvgIpc) is 2.58. The average molecular weight is 148 g/mol. The van der Waals surface area contributed by atoms with E-state index in [1.165, 1.54) is 32.1 Å². The Morgan fingerprint density at radius 2 is 1.82 bits per heavy atom. The summed E-state index contributed by atoms with van der Waals surface area (Å²) in [5.74, 6) is 1.85. The van der Waals surface area contributed by atoms with Crippen molar-refractivity contribution in [3.63, 3.8) is 0 Å². The minimum absolute atomic E-state index is 0.902. The highest BCUT2D eigenvalue weighted by Crippen LogP contribution is 2.32. The molecule has 0 heterocycles. The molecule has 2 aliphatic carbocycles. The van der Waals surface area contributed by atoms with E-state index >= 15 is 0 Å². The fourth-order valence-corrected chi connectivity index (χ4v) is 2.22. The lowest BCUT2D eigenvalue weighted by Crippen LogP contribution is -2.11. The van der Waals surface area contributed by atoms with Gasteiger partial charge in [0.25, 0.3) is 0 Å². The van der Waals surface area contributed by atoms with Gasteiger partial charge in [0, 0.05) is 0 Å². The largest absolute Gasteiger partial charge is 0.0882 e. The highest BCUT2D eigenvalue weighted by atomic mass is 14.3. The van der Waals surface area contributed by atoms with Crippen LogP contribution in [0.15, 0.2) is 24.3 Å². The summed E-state index contributed by atoms with van der Waals surface area (Å²) in [6.45, 7) is 0. The molecule has 0 nitrogen and oxygen atoms in total. The third kappa shape index (κ3) is 1.55. The van der Waals surface area contributed by atoms with Crippen LogP contribution in [0.5, 0.6) is 0 Å². The van der Waals surface area contributed by atoms with Crippen LogP contribution in [0.25, 0.3) is 0 Å². The van der Waals surface area contributed by atoms with Gasteiger partial charge in [0.05, 0.1) is 0 Å². The first-order valence-corrected chi connectivity index (χ1v) is 4.78. The van der Waals surface area contributed by atoms with E-state index in [9.17, 15) is 0 Å². The summed E-state index contributed by atoms with van der Waals surface area (Å²) in [6.07, 6.45) is 16.3. The van der Waals surface area contributed by atoms with Crippen molar-refractivity contribution in [1.82, 2.24) is 0 Å². The maximum Gasteiger partial charge on any atom is -0.0199 e. The highest BCUT2D eigenvalue weighted by Gasteiger charge is 2.20. The first-order chi connectivity index (χ1) is 5.47. The molecule has 0 spiro atoms. The van der Waals surface area contributed by atoms with Crippen LogP contribution in [0.1, 0.15) is 32.1 Å². The van der Waals surface area contributed by atoms with Gasteiger partial charge in [-0.15, -0.1) is 0 Å². The maximum absolute atomic E-state index is 2.45. The van der Waals surface area contributed by atoms with E-state index in [1.54, 1.807) is 0 Å². The Kier molecular flexibility index (Phi) is 2.11. The molecule has 2 aliphatic rings. The summed E-state index contributed by atoms with van der Waals surface area (Å²) in [7, 11) is 0. The van der Waals surface area contributed by atoms with Crippen molar-refractivity contribution in [1.29, 1.82) is 0 Å². The molecule has 0 aromatic rings. The van der Waals surface area contributed by atoms with Crippen LogP contribution in [0.4, 0.5) is 0 Å². The van der Waals surface area contributed by atoms with Crippen LogP contribution in [0.2, 0.25) is 0 Å². The van der Waals surface area contributed by atoms with Crippen LogP contribution in [0.3, 0.4) is 0 Å². The van der Waals surface area contributed by atoms with Gasteiger partial charge in [-0.25, -0.2) is 0 Å². The Hall–Kier alpha value is -0.520. The lowest BCUT2D eigenvalue weighted by Gasteiger charge is -2.22. The Labute approximate surface area is 69.0 Å². The molecule has 0 aliphatic heterocycles. The van der Waals surface area contributed by atoms with Gasteiger partial charge in [-0.1, -0.05) is 24.3 Å². The smallest absolute Gasteiger partial charge is 0.0199 e. The molecule has 60 valence electrons. The molecule has 0 saturated carbocycles. The van der Waals surface area contributed by atoms with E-state index in [2.05, 4.69) is 24.3 Å². The standard InChI is InChI=1S/C11H16/c1-2-6-10(7-3-1)11-8-4-5-9-11/h2,4-6,10-11H,1,3,7-9H2. The van der Waals surface area contributed by atoms with Crippen molar-refractivity contribution < 1.29 is 0 Å². The molecule has 1 unspecified atom stereocenters. The summed E-state index contributed by atoms with van der Waals surface area (Å²) in [6, 6.07) is 0. The topological polar surface area (TPSA) is 0 Å². The zero-order valence-corrected chi connectivity index (χ0v) is 7.00. The summed E-state index contributed by atoms with van der Waals surface area (Å²) in [5.41, 5.74) is 0. The number of hydrogen-bond acceptors (Lipinski definition) is 0. The van der Waals surface area contributed by atoms with E-state index in [0.717, 1.165) is 11.8 Å². The van der Waals surface area contributed by atoms with Gasteiger partial charge in [-0.3, -0.25) is 0 Å². The molecule has 11 heavy (non-hydrogen) atoms. The van der Waals surface area contributed by atoms with Crippen LogP contribution in [-0.4, -0.2) is 0 Å². The second-order valence-corrected chi connectivity index (χ2v) is 3.73. The quantitative estimate of drug-likeness (QED) is 0.500. The molecular formula is C11H16. The van der Waals surface area contributed by atoms with E-state index in [4.69, 9.17) is 0 Å². The molecule has 2 rings (SSSR count). The lowest BCUT2D eigenvalue weighted by molar-refractivity contribution is 0.376. The molecule has 0 heteroatoms. The Balaban J connectivity index is 1.93. The highest BCUT2D eigenvalue weighted by molar-refractivity contribution is 5.03. The van der Waals surface area contributed by atoms with E-state index in [0.29, 0.717) is 0 Å². The van der Waals surface area contributed by atoms with Gasteiger partial charge >= 0.3 is 0 Å². The summed E-state index contributed by atoms with van der Waals surface area (Å²) in [4.78, 5) is 0. The normalized spacial score (nSPS) is 31.5. The first kappa shape index (κ1) is 7.15. The van der Waals surface area contributed by atoms with Crippen LogP contribution in [0, 0.1) is 11.8 Å². The first-order valence-electron chi connectivity index (χ1n) is 4.78. The minimum atomic E-state index is 0.902. The summed E-state index contributed by atoms with van der Waals surface area (Å²) < 4.78 is 0. The van der Waals surface area contributed by atoms with E-state index < -0.39 is 0 Å².